The zero-order valence-corrected chi connectivity index (χ0v) is 10.6. The molecule has 0 amide bonds. The van der Waals surface area contributed by atoms with Crippen LogP contribution in [0.25, 0.3) is 11.4 Å². The summed E-state index contributed by atoms with van der Waals surface area (Å²) < 4.78 is 18.3. The fraction of sp³-hybridized carbons (Fsp3) is 0.417. The molecule has 19 heavy (non-hydrogen) atoms. The lowest BCUT2D eigenvalue weighted by Crippen LogP contribution is -2.10. The molecular weight excluding hydrogens is 251 g/mol. The van der Waals surface area contributed by atoms with Gasteiger partial charge in [0.25, 0.3) is 0 Å². The van der Waals surface area contributed by atoms with Crippen molar-refractivity contribution in [3.63, 3.8) is 0 Å². The SMILES string of the molecule is Cc1cc(-c2nnn(CCOCCO)n2)ccc1F. The first-order valence-electron chi connectivity index (χ1n) is 5.93. The van der Waals surface area contributed by atoms with Gasteiger partial charge in [-0.05, 0) is 35.9 Å². The second-order valence-electron chi connectivity index (χ2n) is 4.01. The Morgan fingerprint density at radius 2 is 2.21 bits per heavy atom. The average molecular weight is 266 g/mol. The number of aromatic nitrogens is 4. The van der Waals surface area contributed by atoms with Crippen LogP contribution in [0.3, 0.4) is 0 Å². The van der Waals surface area contributed by atoms with Crippen LogP contribution in [0, 0.1) is 12.7 Å². The van der Waals surface area contributed by atoms with Crippen molar-refractivity contribution >= 4 is 0 Å². The van der Waals surface area contributed by atoms with Gasteiger partial charge < -0.3 is 9.84 Å². The first kappa shape index (κ1) is 13.6. The molecule has 0 saturated carbocycles. The Balaban J connectivity index is 2.01. The molecule has 7 heteroatoms. The Labute approximate surface area is 109 Å². The second kappa shape index (κ2) is 6.35. The van der Waals surface area contributed by atoms with E-state index in [0.717, 1.165) is 5.56 Å². The van der Waals surface area contributed by atoms with E-state index in [0.29, 0.717) is 31.1 Å². The predicted octanol–water partition coefficient (Wildman–Crippen LogP) is 0.797. The summed E-state index contributed by atoms with van der Waals surface area (Å²) in [4.78, 5) is 1.41. The third kappa shape index (κ3) is 3.55. The standard InChI is InChI=1S/C12H15FN4O2/c1-9-8-10(2-3-11(9)13)12-14-16-17(15-12)4-6-19-7-5-18/h2-3,8,18H,4-7H2,1H3. The minimum Gasteiger partial charge on any atom is -0.394 e. The largest absolute Gasteiger partial charge is 0.394 e. The Kier molecular flexibility index (Phi) is 4.53. The maximum Gasteiger partial charge on any atom is 0.204 e. The summed E-state index contributed by atoms with van der Waals surface area (Å²) in [6.07, 6.45) is 0. The lowest BCUT2D eigenvalue weighted by molar-refractivity contribution is 0.0831. The van der Waals surface area contributed by atoms with Gasteiger partial charge in [0.1, 0.15) is 5.82 Å². The number of nitrogens with zero attached hydrogens (tertiary/aromatic N) is 4. The molecular formula is C12H15FN4O2. The van der Waals surface area contributed by atoms with Crippen LogP contribution in [0.15, 0.2) is 18.2 Å². The van der Waals surface area contributed by atoms with E-state index in [4.69, 9.17) is 9.84 Å². The van der Waals surface area contributed by atoms with E-state index in [1.54, 1.807) is 19.1 Å². The lowest BCUT2D eigenvalue weighted by Gasteiger charge is -2.00. The molecule has 0 unspecified atom stereocenters. The zero-order valence-electron chi connectivity index (χ0n) is 10.6. The number of rotatable bonds is 6. The molecule has 0 fully saturated rings. The Bertz CT molecular complexity index is 544. The molecule has 0 radical (unpaired) electrons. The van der Waals surface area contributed by atoms with E-state index >= 15 is 0 Å². The van der Waals surface area contributed by atoms with E-state index in [2.05, 4.69) is 15.4 Å². The van der Waals surface area contributed by atoms with Gasteiger partial charge in [-0.1, -0.05) is 0 Å². The van der Waals surface area contributed by atoms with Crippen LogP contribution in [0.2, 0.25) is 0 Å². The molecule has 0 bridgehead atoms. The van der Waals surface area contributed by atoms with E-state index in [9.17, 15) is 4.39 Å². The molecule has 1 heterocycles. The van der Waals surface area contributed by atoms with Crippen molar-refractivity contribution in [1.29, 1.82) is 0 Å². The number of aliphatic hydroxyl groups excluding tert-OH is 1. The topological polar surface area (TPSA) is 73.1 Å². The highest BCUT2D eigenvalue weighted by atomic mass is 19.1. The number of hydrogen-bond donors (Lipinski definition) is 1. The number of tetrazole rings is 1. The molecule has 2 aromatic rings. The van der Waals surface area contributed by atoms with Crippen LogP contribution in [-0.2, 0) is 11.3 Å². The Morgan fingerprint density at radius 3 is 2.95 bits per heavy atom. The van der Waals surface area contributed by atoms with E-state index in [1.807, 2.05) is 0 Å². The van der Waals surface area contributed by atoms with Crippen molar-refractivity contribution in [1.82, 2.24) is 20.2 Å². The number of hydrogen-bond acceptors (Lipinski definition) is 5. The highest BCUT2D eigenvalue weighted by Crippen LogP contribution is 2.17. The molecule has 0 aliphatic carbocycles. The van der Waals surface area contributed by atoms with Gasteiger partial charge >= 0.3 is 0 Å². The number of ether oxygens (including phenoxy) is 1. The van der Waals surface area contributed by atoms with Crippen molar-refractivity contribution in [3.8, 4) is 11.4 Å². The number of halogens is 1. The molecule has 0 aliphatic heterocycles. The summed E-state index contributed by atoms with van der Waals surface area (Å²) in [5.74, 6) is 0.193. The maximum atomic E-state index is 13.2. The summed E-state index contributed by atoms with van der Waals surface area (Å²) in [6.45, 7) is 2.82. The number of benzene rings is 1. The normalized spacial score (nSPS) is 10.9. The van der Waals surface area contributed by atoms with Gasteiger partial charge in [-0.15, -0.1) is 10.2 Å². The van der Waals surface area contributed by atoms with Crippen LogP contribution in [0.4, 0.5) is 4.39 Å². The quantitative estimate of drug-likeness (QED) is 0.783. The van der Waals surface area contributed by atoms with Gasteiger partial charge in [0, 0.05) is 5.56 Å². The van der Waals surface area contributed by atoms with Crippen molar-refractivity contribution in [2.75, 3.05) is 19.8 Å². The van der Waals surface area contributed by atoms with E-state index in [-0.39, 0.29) is 12.4 Å². The van der Waals surface area contributed by atoms with Gasteiger partial charge in [0.2, 0.25) is 5.82 Å². The average Bonchev–Trinajstić information content (AvgIpc) is 2.87. The zero-order chi connectivity index (χ0) is 13.7. The molecule has 0 saturated heterocycles. The summed E-state index contributed by atoms with van der Waals surface area (Å²) >= 11 is 0. The molecule has 0 spiro atoms. The van der Waals surface area contributed by atoms with Crippen LogP contribution >= 0.6 is 0 Å². The van der Waals surface area contributed by atoms with E-state index < -0.39 is 0 Å². The predicted molar refractivity (Wildman–Crippen MR) is 65.9 cm³/mol. The Morgan fingerprint density at radius 1 is 1.37 bits per heavy atom. The van der Waals surface area contributed by atoms with Crippen molar-refractivity contribution in [3.05, 3.63) is 29.6 Å². The van der Waals surface area contributed by atoms with Gasteiger partial charge in [0.15, 0.2) is 0 Å². The highest BCUT2D eigenvalue weighted by Gasteiger charge is 2.07. The summed E-state index contributed by atoms with van der Waals surface area (Å²) in [7, 11) is 0. The minimum absolute atomic E-state index is 0.00904. The van der Waals surface area contributed by atoms with Gasteiger partial charge in [-0.2, -0.15) is 4.80 Å². The third-order valence-corrected chi connectivity index (χ3v) is 2.54. The monoisotopic (exact) mass is 266 g/mol. The summed E-state index contributed by atoms with van der Waals surface area (Å²) in [5, 5.41) is 20.5. The fourth-order valence-electron chi connectivity index (χ4n) is 1.55. The smallest absolute Gasteiger partial charge is 0.204 e. The maximum absolute atomic E-state index is 13.2. The van der Waals surface area contributed by atoms with Gasteiger partial charge in [-0.3, -0.25) is 0 Å². The molecule has 0 aliphatic rings. The van der Waals surface area contributed by atoms with Crippen molar-refractivity contribution < 1.29 is 14.2 Å². The first-order valence-corrected chi connectivity index (χ1v) is 5.93. The molecule has 1 aromatic heterocycles. The highest BCUT2D eigenvalue weighted by molar-refractivity contribution is 5.54. The minimum atomic E-state index is -0.256. The first-order chi connectivity index (χ1) is 9.20. The van der Waals surface area contributed by atoms with Crippen molar-refractivity contribution in [2.45, 2.75) is 13.5 Å². The molecule has 102 valence electrons. The molecule has 6 nitrogen and oxygen atoms in total. The Hall–Kier alpha value is -1.86. The van der Waals surface area contributed by atoms with Crippen LogP contribution in [0.5, 0.6) is 0 Å². The van der Waals surface area contributed by atoms with Gasteiger partial charge in [0.05, 0.1) is 26.4 Å². The molecule has 2 rings (SSSR count). The van der Waals surface area contributed by atoms with Crippen LogP contribution in [-0.4, -0.2) is 45.1 Å². The van der Waals surface area contributed by atoms with Gasteiger partial charge in [-0.25, -0.2) is 4.39 Å². The number of aryl methyl sites for hydroxylation is 1. The van der Waals surface area contributed by atoms with E-state index in [1.165, 1.54) is 10.9 Å². The molecule has 0 atom stereocenters. The summed E-state index contributed by atoms with van der Waals surface area (Å²) in [5.41, 5.74) is 1.27. The molecule has 1 N–H and O–H groups in total. The summed E-state index contributed by atoms with van der Waals surface area (Å²) in [6, 6.07) is 4.68. The van der Waals surface area contributed by atoms with Crippen LogP contribution < -0.4 is 0 Å². The third-order valence-electron chi connectivity index (χ3n) is 2.54. The van der Waals surface area contributed by atoms with Crippen LogP contribution in [0.1, 0.15) is 5.56 Å². The second-order valence-corrected chi connectivity index (χ2v) is 4.01. The van der Waals surface area contributed by atoms with Crippen molar-refractivity contribution in [2.24, 2.45) is 0 Å². The molecule has 1 aromatic carbocycles. The fourth-order valence-corrected chi connectivity index (χ4v) is 1.55. The lowest BCUT2D eigenvalue weighted by atomic mass is 10.1. The number of aliphatic hydroxyl groups is 1.